The van der Waals surface area contributed by atoms with Crippen molar-refractivity contribution >= 4 is 15.9 Å². The number of ether oxygens (including phenoxy) is 1. The Kier molecular flexibility index (Phi) is 4.24. The van der Waals surface area contributed by atoms with Gasteiger partial charge in [0, 0.05) is 46.1 Å². The van der Waals surface area contributed by atoms with Gasteiger partial charge in [-0.1, -0.05) is 0 Å². The normalized spacial score (nSPS) is 29.2. The molecule has 1 amide bonds. The molecule has 2 aliphatic heterocycles. The first-order valence-corrected chi connectivity index (χ1v) is 9.63. The highest BCUT2D eigenvalue weighted by Crippen LogP contribution is 2.47. The van der Waals surface area contributed by atoms with E-state index in [4.69, 9.17) is 4.74 Å². The van der Waals surface area contributed by atoms with Gasteiger partial charge in [-0.05, 0) is 31.1 Å². The Balaban J connectivity index is 1.76. The summed E-state index contributed by atoms with van der Waals surface area (Å²) in [5.41, 5.74) is -0.0239. The summed E-state index contributed by atoms with van der Waals surface area (Å²) in [6, 6.07) is 0. The van der Waals surface area contributed by atoms with Crippen molar-refractivity contribution in [1.29, 1.82) is 0 Å². The Morgan fingerprint density at radius 1 is 1.27 bits per heavy atom. The lowest BCUT2D eigenvalue weighted by molar-refractivity contribution is -0.131. The van der Waals surface area contributed by atoms with Crippen LogP contribution in [0.5, 0.6) is 0 Å². The summed E-state index contributed by atoms with van der Waals surface area (Å²) < 4.78 is 32.2. The number of sulfonamides is 1. The van der Waals surface area contributed by atoms with Crippen LogP contribution in [0.3, 0.4) is 0 Å². The van der Waals surface area contributed by atoms with Crippen LogP contribution in [0.1, 0.15) is 32.6 Å². The number of hydrogen-bond donors (Lipinski definition) is 0. The first kappa shape index (κ1) is 16.2. The fraction of sp³-hybridized carbons (Fsp3) is 0.933. The molecule has 0 aromatic heterocycles. The Labute approximate surface area is 132 Å². The lowest BCUT2D eigenvalue weighted by atomic mass is 9.71. The van der Waals surface area contributed by atoms with E-state index in [-0.39, 0.29) is 22.5 Å². The van der Waals surface area contributed by atoms with Crippen molar-refractivity contribution in [2.75, 3.05) is 39.9 Å². The minimum atomic E-state index is -3.12. The Morgan fingerprint density at radius 3 is 2.41 bits per heavy atom. The van der Waals surface area contributed by atoms with E-state index in [0.717, 1.165) is 38.8 Å². The summed E-state index contributed by atoms with van der Waals surface area (Å²) in [6.45, 7) is 4.83. The molecule has 3 aliphatic rings. The SMILES string of the molecule is COC[C@@H]1CN(S(=O)(=O)C2CC2)CC12CCN(C(C)=O)CC2. The van der Waals surface area contributed by atoms with Crippen molar-refractivity contribution in [3.63, 3.8) is 0 Å². The minimum Gasteiger partial charge on any atom is -0.384 e. The summed E-state index contributed by atoms with van der Waals surface area (Å²) in [5.74, 6) is 0.346. The molecule has 7 heteroatoms. The lowest BCUT2D eigenvalue weighted by Gasteiger charge is -2.42. The van der Waals surface area contributed by atoms with Crippen LogP contribution in [0.15, 0.2) is 0 Å². The summed E-state index contributed by atoms with van der Waals surface area (Å²) >= 11 is 0. The van der Waals surface area contributed by atoms with Crippen molar-refractivity contribution < 1.29 is 17.9 Å². The van der Waals surface area contributed by atoms with Gasteiger partial charge in [-0.3, -0.25) is 4.79 Å². The largest absolute Gasteiger partial charge is 0.384 e. The van der Waals surface area contributed by atoms with Crippen molar-refractivity contribution in [2.45, 2.75) is 37.9 Å². The van der Waals surface area contributed by atoms with Gasteiger partial charge in [-0.15, -0.1) is 0 Å². The molecule has 1 atom stereocenters. The van der Waals surface area contributed by atoms with Gasteiger partial charge in [0.15, 0.2) is 0 Å². The van der Waals surface area contributed by atoms with Crippen LogP contribution in [0.2, 0.25) is 0 Å². The second-order valence-electron chi connectivity index (χ2n) is 7.06. The van der Waals surface area contributed by atoms with Crippen molar-refractivity contribution in [3.05, 3.63) is 0 Å². The molecule has 0 unspecified atom stereocenters. The first-order valence-electron chi connectivity index (χ1n) is 8.12. The third kappa shape index (κ3) is 2.78. The van der Waals surface area contributed by atoms with E-state index in [1.807, 2.05) is 4.90 Å². The van der Waals surface area contributed by atoms with Gasteiger partial charge in [-0.2, -0.15) is 0 Å². The number of likely N-dealkylation sites (tertiary alicyclic amines) is 1. The molecule has 1 saturated carbocycles. The van der Waals surface area contributed by atoms with Gasteiger partial charge in [0.25, 0.3) is 0 Å². The van der Waals surface area contributed by atoms with E-state index in [1.165, 1.54) is 0 Å². The summed E-state index contributed by atoms with van der Waals surface area (Å²) in [4.78, 5) is 13.4. The van der Waals surface area contributed by atoms with E-state index in [1.54, 1.807) is 18.3 Å². The monoisotopic (exact) mass is 330 g/mol. The number of nitrogens with zero attached hydrogens (tertiary/aromatic N) is 2. The summed E-state index contributed by atoms with van der Waals surface area (Å²) in [7, 11) is -1.45. The number of rotatable bonds is 4. The van der Waals surface area contributed by atoms with Gasteiger partial charge in [0.1, 0.15) is 0 Å². The van der Waals surface area contributed by atoms with Gasteiger partial charge >= 0.3 is 0 Å². The molecule has 1 aliphatic carbocycles. The highest BCUT2D eigenvalue weighted by molar-refractivity contribution is 7.90. The molecule has 0 bridgehead atoms. The van der Waals surface area contributed by atoms with E-state index in [0.29, 0.717) is 19.7 Å². The first-order chi connectivity index (χ1) is 10.4. The highest BCUT2D eigenvalue weighted by Gasteiger charge is 2.53. The molecular weight excluding hydrogens is 304 g/mol. The van der Waals surface area contributed by atoms with Gasteiger partial charge in [0.05, 0.1) is 11.9 Å². The average Bonchev–Trinajstić information content (AvgIpc) is 3.27. The predicted octanol–water partition coefficient (Wildman–Crippen LogP) is 0.686. The molecule has 6 nitrogen and oxygen atoms in total. The molecule has 0 radical (unpaired) electrons. The number of carbonyl (C=O) groups excluding carboxylic acids is 1. The van der Waals surface area contributed by atoms with E-state index < -0.39 is 10.0 Å². The number of carbonyl (C=O) groups is 1. The second-order valence-corrected chi connectivity index (χ2v) is 9.27. The minimum absolute atomic E-state index is 0.0239. The maximum Gasteiger partial charge on any atom is 0.219 e. The van der Waals surface area contributed by atoms with Crippen molar-refractivity contribution in [1.82, 2.24) is 9.21 Å². The van der Waals surface area contributed by atoms with Gasteiger partial charge in [0.2, 0.25) is 15.9 Å². The van der Waals surface area contributed by atoms with Gasteiger partial charge in [-0.25, -0.2) is 12.7 Å². The lowest BCUT2D eigenvalue weighted by Crippen LogP contribution is -2.46. The molecule has 3 rings (SSSR count). The number of methoxy groups -OCH3 is 1. The van der Waals surface area contributed by atoms with Crippen LogP contribution in [-0.4, -0.2) is 68.7 Å². The topological polar surface area (TPSA) is 66.9 Å². The quantitative estimate of drug-likeness (QED) is 0.760. The maximum absolute atomic E-state index is 12.6. The van der Waals surface area contributed by atoms with E-state index >= 15 is 0 Å². The number of hydrogen-bond acceptors (Lipinski definition) is 4. The Hall–Kier alpha value is -0.660. The number of piperidine rings is 1. The van der Waals surface area contributed by atoms with Crippen LogP contribution in [0, 0.1) is 11.3 Å². The maximum atomic E-state index is 12.6. The standard InChI is InChI=1S/C15H26N2O4S/c1-12(18)16-7-5-15(6-8-16)11-17(9-13(15)10-21-2)22(19,20)14-3-4-14/h13-14H,3-11H2,1-2H3/t13-/m0/s1. The molecule has 2 heterocycles. The second kappa shape index (κ2) is 5.76. The molecule has 0 aromatic rings. The zero-order valence-corrected chi connectivity index (χ0v) is 14.3. The highest BCUT2D eigenvalue weighted by atomic mass is 32.2. The summed E-state index contributed by atoms with van der Waals surface area (Å²) in [5, 5.41) is -0.150. The summed E-state index contributed by atoms with van der Waals surface area (Å²) in [6.07, 6.45) is 3.35. The third-order valence-electron chi connectivity index (χ3n) is 5.66. The Morgan fingerprint density at radius 2 is 1.91 bits per heavy atom. The molecular formula is C15H26N2O4S. The molecule has 1 spiro atoms. The van der Waals surface area contributed by atoms with E-state index in [2.05, 4.69) is 0 Å². The van der Waals surface area contributed by atoms with Gasteiger partial charge < -0.3 is 9.64 Å². The van der Waals surface area contributed by atoms with Crippen LogP contribution >= 0.6 is 0 Å². The van der Waals surface area contributed by atoms with E-state index in [9.17, 15) is 13.2 Å². The fourth-order valence-corrected chi connectivity index (χ4v) is 6.00. The zero-order chi connectivity index (χ0) is 16.0. The Bertz CT molecular complexity index is 536. The molecule has 0 aromatic carbocycles. The zero-order valence-electron chi connectivity index (χ0n) is 13.5. The van der Waals surface area contributed by atoms with Crippen molar-refractivity contribution in [3.8, 4) is 0 Å². The molecule has 2 saturated heterocycles. The van der Waals surface area contributed by atoms with Crippen LogP contribution < -0.4 is 0 Å². The van der Waals surface area contributed by atoms with Crippen molar-refractivity contribution in [2.24, 2.45) is 11.3 Å². The molecule has 0 N–H and O–H groups in total. The predicted molar refractivity (Wildman–Crippen MR) is 82.8 cm³/mol. The van der Waals surface area contributed by atoms with Crippen LogP contribution in [0.25, 0.3) is 0 Å². The van der Waals surface area contributed by atoms with Crippen LogP contribution in [-0.2, 0) is 19.6 Å². The molecule has 22 heavy (non-hydrogen) atoms. The molecule has 3 fully saturated rings. The third-order valence-corrected chi connectivity index (χ3v) is 7.97. The van der Waals surface area contributed by atoms with Crippen LogP contribution in [0.4, 0.5) is 0 Å². The average molecular weight is 330 g/mol. The number of amides is 1. The smallest absolute Gasteiger partial charge is 0.219 e. The fourth-order valence-electron chi connectivity index (χ4n) is 4.02. The molecule has 126 valence electrons.